The number of pyridine rings is 2. The summed E-state index contributed by atoms with van der Waals surface area (Å²) in [6.07, 6.45) is 5.83. The first-order valence-corrected chi connectivity index (χ1v) is 8.54. The van der Waals surface area contributed by atoms with Crippen LogP contribution in [-0.4, -0.2) is 19.0 Å². The molecule has 4 rings (SSSR count). The molecule has 0 spiro atoms. The van der Waals surface area contributed by atoms with Crippen molar-refractivity contribution in [2.24, 2.45) is 0 Å². The molecule has 0 aliphatic rings. The summed E-state index contributed by atoms with van der Waals surface area (Å²) >= 11 is 0. The molecule has 0 aromatic carbocycles. The lowest BCUT2D eigenvalue weighted by molar-refractivity contribution is 0.934. The van der Waals surface area contributed by atoms with Gasteiger partial charge in [-0.1, -0.05) is 39.8 Å². The molecule has 0 bridgehead atoms. The van der Waals surface area contributed by atoms with Gasteiger partial charge in [-0.3, -0.25) is 0 Å². The summed E-state index contributed by atoms with van der Waals surface area (Å²) in [5, 5.41) is 4.23. The Labute approximate surface area is 144 Å². The van der Waals surface area contributed by atoms with Crippen LogP contribution < -0.4 is 0 Å². The molecule has 0 aliphatic heterocycles. The molecular weight excluding hydrogens is 296 g/mol. The predicted molar refractivity (Wildman–Crippen MR) is 103 cm³/mol. The van der Waals surface area contributed by atoms with Gasteiger partial charge >= 0.3 is 0 Å². The van der Waals surface area contributed by atoms with E-state index in [4.69, 9.17) is 0 Å². The highest BCUT2D eigenvalue weighted by molar-refractivity contribution is 5.46. The molecule has 24 heavy (non-hydrogen) atoms. The summed E-state index contributed by atoms with van der Waals surface area (Å²) in [7, 11) is 0. The minimum absolute atomic E-state index is 1.04. The fraction of sp³-hybridized carbons (Fsp3) is 0.300. The SMILES string of the molecule is CC.CC.Cc1cc2ccccn2n1.Cc1ncc2ccccn12. The van der Waals surface area contributed by atoms with E-state index in [0.29, 0.717) is 0 Å². The molecule has 4 aromatic rings. The summed E-state index contributed by atoms with van der Waals surface area (Å²) in [6.45, 7) is 12.0. The van der Waals surface area contributed by atoms with Crippen molar-refractivity contribution >= 4 is 11.0 Å². The van der Waals surface area contributed by atoms with Gasteiger partial charge in [0.15, 0.2) is 0 Å². The molecule has 4 aromatic heterocycles. The van der Waals surface area contributed by atoms with Gasteiger partial charge in [0.1, 0.15) is 5.82 Å². The molecule has 128 valence electrons. The van der Waals surface area contributed by atoms with Gasteiger partial charge in [-0.05, 0) is 44.2 Å². The lowest BCUT2D eigenvalue weighted by atomic mass is 10.4. The average molecular weight is 324 g/mol. The molecule has 0 N–H and O–H groups in total. The van der Waals surface area contributed by atoms with Crippen molar-refractivity contribution < 1.29 is 0 Å². The normalized spacial score (nSPS) is 9.25. The van der Waals surface area contributed by atoms with E-state index in [1.54, 1.807) is 0 Å². The van der Waals surface area contributed by atoms with Crippen LogP contribution in [0, 0.1) is 13.8 Å². The summed E-state index contributed by atoms with van der Waals surface area (Å²) < 4.78 is 3.93. The standard InChI is InChI=1S/2C8H8N2.2C2H6/c1-7-9-6-8-4-2-3-5-10(7)8;1-7-6-8-4-2-3-5-10(8)9-7;2*1-2/h2*2-6H,1H3;2*1-2H3. The summed E-state index contributed by atoms with van der Waals surface area (Å²) in [5.74, 6) is 1.04. The first-order valence-electron chi connectivity index (χ1n) is 8.54. The molecule has 0 fully saturated rings. The van der Waals surface area contributed by atoms with E-state index in [1.165, 1.54) is 0 Å². The Hall–Kier alpha value is -2.62. The second kappa shape index (κ2) is 10.2. The smallest absolute Gasteiger partial charge is 0.110 e. The third kappa shape index (κ3) is 4.95. The summed E-state index contributed by atoms with van der Waals surface area (Å²) in [6, 6.07) is 14.1. The number of hydrogen-bond donors (Lipinski definition) is 0. The Morgan fingerprint density at radius 2 is 1.42 bits per heavy atom. The number of fused-ring (bicyclic) bond motifs is 2. The fourth-order valence-corrected chi connectivity index (χ4v) is 2.14. The summed E-state index contributed by atoms with van der Waals surface area (Å²) in [5.41, 5.74) is 3.37. The van der Waals surface area contributed by atoms with Gasteiger partial charge in [0.05, 0.1) is 22.9 Å². The van der Waals surface area contributed by atoms with Gasteiger partial charge in [0, 0.05) is 12.4 Å². The Morgan fingerprint density at radius 3 is 2.04 bits per heavy atom. The third-order valence-electron chi connectivity index (χ3n) is 3.12. The van der Waals surface area contributed by atoms with E-state index in [-0.39, 0.29) is 0 Å². The Morgan fingerprint density at radius 1 is 0.792 bits per heavy atom. The molecule has 0 saturated heterocycles. The maximum Gasteiger partial charge on any atom is 0.110 e. The molecule has 0 radical (unpaired) electrons. The highest BCUT2D eigenvalue weighted by atomic mass is 15.2. The summed E-state index contributed by atoms with van der Waals surface area (Å²) in [4.78, 5) is 4.16. The van der Waals surface area contributed by atoms with Crippen LogP contribution in [0.5, 0.6) is 0 Å². The first-order chi connectivity index (χ1) is 11.7. The molecule has 0 amide bonds. The molecule has 4 heteroatoms. The quantitative estimate of drug-likeness (QED) is 0.438. The van der Waals surface area contributed by atoms with Crippen molar-refractivity contribution in [3.05, 3.63) is 72.6 Å². The van der Waals surface area contributed by atoms with Crippen LogP contribution in [0.4, 0.5) is 0 Å². The van der Waals surface area contributed by atoms with E-state index in [9.17, 15) is 0 Å². The van der Waals surface area contributed by atoms with E-state index in [2.05, 4.69) is 20.5 Å². The Balaban J connectivity index is 0.000000199. The molecule has 0 saturated carbocycles. The van der Waals surface area contributed by atoms with Crippen molar-refractivity contribution in [2.45, 2.75) is 41.5 Å². The zero-order valence-corrected chi connectivity index (χ0v) is 15.6. The van der Waals surface area contributed by atoms with Gasteiger partial charge in [-0.25, -0.2) is 9.50 Å². The topological polar surface area (TPSA) is 34.6 Å². The van der Waals surface area contributed by atoms with Crippen LogP contribution in [0.2, 0.25) is 0 Å². The lowest BCUT2D eigenvalue weighted by Gasteiger charge is -1.91. The Bertz CT molecular complexity index is 801. The van der Waals surface area contributed by atoms with Crippen molar-refractivity contribution in [3.8, 4) is 0 Å². The zero-order valence-electron chi connectivity index (χ0n) is 15.6. The maximum atomic E-state index is 4.23. The van der Waals surface area contributed by atoms with Crippen LogP contribution in [-0.2, 0) is 0 Å². The largest absolute Gasteiger partial charge is 0.304 e. The van der Waals surface area contributed by atoms with Crippen LogP contribution in [0.1, 0.15) is 39.2 Å². The van der Waals surface area contributed by atoms with E-state index in [1.807, 2.05) is 101 Å². The highest BCUT2D eigenvalue weighted by Crippen LogP contribution is 2.04. The van der Waals surface area contributed by atoms with Crippen LogP contribution >= 0.6 is 0 Å². The van der Waals surface area contributed by atoms with Crippen LogP contribution in [0.15, 0.2) is 61.1 Å². The van der Waals surface area contributed by atoms with E-state index >= 15 is 0 Å². The third-order valence-corrected chi connectivity index (χ3v) is 3.12. The number of imidazole rings is 1. The maximum absolute atomic E-state index is 4.23. The van der Waals surface area contributed by atoms with Crippen LogP contribution in [0.25, 0.3) is 11.0 Å². The number of rotatable bonds is 0. The first kappa shape index (κ1) is 19.4. The molecular formula is C20H28N4. The second-order valence-corrected chi connectivity index (χ2v) is 4.66. The number of nitrogens with zero attached hydrogens (tertiary/aromatic N) is 4. The van der Waals surface area contributed by atoms with Crippen LogP contribution in [0.3, 0.4) is 0 Å². The monoisotopic (exact) mass is 324 g/mol. The minimum Gasteiger partial charge on any atom is -0.304 e. The molecule has 0 atom stereocenters. The number of hydrogen-bond acceptors (Lipinski definition) is 2. The van der Waals surface area contributed by atoms with Crippen molar-refractivity contribution in [1.82, 2.24) is 19.0 Å². The molecule has 0 unspecified atom stereocenters. The van der Waals surface area contributed by atoms with Crippen molar-refractivity contribution in [3.63, 3.8) is 0 Å². The average Bonchev–Trinajstić information content (AvgIpc) is 3.21. The highest BCUT2D eigenvalue weighted by Gasteiger charge is 1.93. The van der Waals surface area contributed by atoms with E-state index < -0.39 is 0 Å². The zero-order chi connectivity index (χ0) is 17.9. The van der Waals surface area contributed by atoms with Gasteiger partial charge in [0.25, 0.3) is 0 Å². The number of aryl methyl sites for hydroxylation is 2. The van der Waals surface area contributed by atoms with Gasteiger partial charge in [0.2, 0.25) is 0 Å². The minimum atomic E-state index is 1.04. The van der Waals surface area contributed by atoms with Gasteiger partial charge < -0.3 is 4.40 Å². The van der Waals surface area contributed by atoms with E-state index in [0.717, 1.165) is 22.6 Å². The molecule has 0 aliphatic carbocycles. The fourth-order valence-electron chi connectivity index (χ4n) is 2.14. The lowest BCUT2D eigenvalue weighted by Crippen LogP contribution is -1.84. The molecule has 4 heterocycles. The van der Waals surface area contributed by atoms with Gasteiger partial charge in [-0.15, -0.1) is 0 Å². The number of aromatic nitrogens is 4. The Kier molecular flexibility index (Phi) is 8.26. The van der Waals surface area contributed by atoms with Crippen molar-refractivity contribution in [2.75, 3.05) is 0 Å². The predicted octanol–water partition coefficient (Wildman–Crippen LogP) is 5.34. The second-order valence-electron chi connectivity index (χ2n) is 4.66. The molecule has 4 nitrogen and oxygen atoms in total. The van der Waals surface area contributed by atoms with Gasteiger partial charge in [-0.2, -0.15) is 5.10 Å². The van der Waals surface area contributed by atoms with Crippen molar-refractivity contribution in [1.29, 1.82) is 0 Å².